The van der Waals surface area contributed by atoms with Gasteiger partial charge >= 0.3 is 144 Å². The van der Waals surface area contributed by atoms with Gasteiger partial charge in [-0.25, -0.2) is 0 Å². The number of benzene rings is 1. The molecule has 0 aromatic heterocycles. The zero-order valence-electron chi connectivity index (χ0n) is 18.0. The Bertz CT molecular complexity index is 398. The molecule has 0 fully saturated rings. The molecular weight excluding hydrogens is 375 g/mol. The Morgan fingerprint density at radius 1 is 0.654 bits per heavy atom. The predicted octanol–water partition coefficient (Wildman–Crippen LogP) is 8.84. The van der Waals surface area contributed by atoms with Crippen LogP contribution in [0.2, 0.25) is 16.1 Å². The zero-order chi connectivity index (χ0) is 18.9. The van der Waals surface area contributed by atoms with Gasteiger partial charge in [-0.3, -0.25) is 0 Å². The van der Waals surface area contributed by atoms with Crippen LogP contribution >= 0.6 is 0 Å². The summed E-state index contributed by atoms with van der Waals surface area (Å²) in [7, 11) is 0. The average molecular weight is 421 g/mol. The van der Waals surface area contributed by atoms with E-state index in [0.29, 0.717) is 0 Å². The Labute approximate surface area is 169 Å². The Hall–Kier alpha value is -0.222. The summed E-state index contributed by atoms with van der Waals surface area (Å²) < 4.78 is 0.998. The van der Waals surface area contributed by atoms with Gasteiger partial charge in [-0.2, -0.15) is 0 Å². The maximum atomic E-state index is 2.54. The molecule has 0 nitrogen and oxygen atoms in total. The molecule has 26 heavy (non-hydrogen) atoms. The monoisotopic (exact) mass is 420 g/mol. The van der Waals surface area contributed by atoms with Crippen LogP contribution in [0, 0.1) is 0 Å². The van der Waals surface area contributed by atoms with Crippen molar-refractivity contribution in [3.63, 3.8) is 0 Å². The van der Waals surface area contributed by atoms with E-state index in [4.69, 9.17) is 0 Å². The van der Waals surface area contributed by atoms with Gasteiger partial charge in [0.05, 0.1) is 0 Å². The summed E-state index contributed by atoms with van der Waals surface area (Å²) in [4.78, 5) is 0. The first-order valence-corrected chi connectivity index (χ1v) is 16.3. The third-order valence-corrected chi connectivity index (χ3v) is 9.67. The summed E-state index contributed by atoms with van der Waals surface area (Å²) in [5.74, 6) is 0. The fourth-order valence-corrected chi connectivity index (χ4v) is 6.50. The Kier molecular flexibility index (Phi) is 15.5. The van der Waals surface area contributed by atoms with Crippen molar-refractivity contribution in [1.82, 2.24) is 0 Å². The van der Waals surface area contributed by atoms with Crippen LogP contribution in [0.3, 0.4) is 0 Å². The van der Waals surface area contributed by atoms with Crippen LogP contribution < -0.4 is 0 Å². The predicted molar refractivity (Wildman–Crippen MR) is 122 cm³/mol. The summed E-state index contributed by atoms with van der Waals surface area (Å²) in [6, 6.07) is 11.2. The van der Waals surface area contributed by atoms with Crippen molar-refractivity contribution >= 4 is 14.7 Å². The Morgan fingerprint density at radius 2 is 1.12 bits per heavy atom. The standard InChI is InChI=1S/C25H45As/c1-4-5-6-7-8-9-10-11-12-13-14-15-19-22-25(26(2)3)23-24-20-17-16-18-21-24/h16-18,20-21,25H,4-15,19,22-23H2,1-3H3. The van der Waals surface area contributed by atoms with Crippen molar-refractivity contribution < 1.29 is 0 Å². The Morgan fingerprint density at radius 3 is 1.58 bits per heavy atom. The molecule has 1 heteroatoms. The van der Waals surface area contributed by atoms with Gasteiger partial charge in [-0.15, -0.1) is 0 Å². The first kappa shape index (κ1) is 23.8. The molecule has 0 N–H and O–H groups in total. The molecule has 0 aliphatic rings. The zero-order valence-corrected chi connectivity index (χ0v) is 19.9. The summed E-state index contributed by atoms with van der Waals surface area (Å²) in [5, 5.41) is 0. The molecule has 0 heterocycles. The van der Waals surface area contributed by atoms with Crippen molar-refractivity contribution in [3.05, 3.63) is 35.9 Å². The normalized spacial score (nSPS) is 12.6. The first-order valence-electron chi connectivity index (χ1n) is 11.4. The molecule has 1 aromatic carbocycles. The molecule has 0 amide bonds. The third-order valence-electron chi connectivity index (χ3n) is 5.69. The first-order chi connectivity index (χ1) is 12.7. The molecular formula is C25H45As. The van der Waals surface area contributed by atoms with Crippen molar-refractivity contribution in [2.24, 2.45) is 0 Å². The van der Waals surface area contributed by atoms with Gasteiger partial charge in [0.25, 0.3) is 0 Å². The number of hydrogen-bond acceptors (Lipinski definition) is 0. The third kappa shape index (κ3) is 13.0. The molecule has 1 aromatic rings. The molecule has 0 aliphatic heterocycles. The maximum absolute atomic E-state index is 2.54. The molecule has 150 valence electrons. The van der Waals surface area contributed by atoms with E-state index in [9.17, 15) is 0 Å². The van der Waals surface area contributed by atoms with Gasteiger partial charge in [0, 0.05) is 0 Å². The second-order valence-corrected chi connectivity index (χ2v) is 13.9. The number of hydrogen-bond donors (Lipinski definition) is 0. The van der Waals surface area contributed by atoms with E-state index in [2.05, 4.69) is 48.7 Å². The van der Waals surface area contributed by atoms with Gasteiger partial charge in [-0.1, -0.05) is 26.2 Å². The van der Waals surface area contributed by atoms with Crippen LogP contribution in [0.15, 0.2) is 30.3 Å². The van der Waals surface area contributed by atoms with Crippen LogP contribution in [0.4, 0.5) is 0 Å². The molecule has 1 atom stereocenters. The van der Waals surface area contributed by atoms with Crippen molar-refractivity contribution in [2.75, 3.05) is 0 Å². The van der Waals surface area contributed by atoms with Crippen LogP contribution in [0.1, 0.15) is 102 Å². The van der Waals surface area contributed by atoms with Gasteiger partial charge in [0.1, 0.15) is 0 Å². The SMILES string of the molecule is CCCCCCCCCCCCCCCC(Cc1ccccc1)[As](C)C. The van der Waals surface area contributed by atoms with E-state index in [1.807, 2.05) is 0 Å². The van der Waals surface area contributed by atoms with Gasteiger partial charge in [0.15, 0.2) is 0 Å². The van der Waals surface area contributed by atoms with Crippen molar-refractivity contribution in [2.45, 2.75) is 119 Å². The van der Waals surface area contributed by atoms with E-state index in [-0.39, 0.29) is 0 Å². The van der Waals surface area contributed by atoms with Crippen LogP contribution in [-0.4, -0.2) is 14.7 Å². The van der Waals surface area contributed by atoms with Gasteiger partial charge < -0.3 is 0 Å². The van der Waals surface area contributed by atoms with E-state index < -0.39 is 14.7 Å². The molecule has 1 unspecified atom stereocenters. The van der Waals surface area contributed by atoms with Gasteiger partial charge in [0.2, 0.25) is 0 Å². The van der Waals surface area contributed by atoms with Crippen molar-refractivity contribution in [1.29, 1.82) is 0 Å². The minimum absolute atomic E-state index is 0.611. The minimum atomic E-state index is -0.611. The van der Waals surface area contributed by atoms with E-state index in [0.717, 1.165) is 4.71 Å². The molecule has 0 spiro atoms. The van der Waals surface area contributed by atoms with E-state index >= 15 is 0 Å². The van der Waals surface area contributed by atoms with Crippen LogP contribution in [0.5, 0.6) is 0 Å². The molecule has 0 saturated carbocycles. The quantitative estimate of drug-likeness (QED) is 0.174. The second-order valence-electron chi connectivity index (χ2n) is 8.34. The average Bonchev–Trinajstić information content (AvgIpc) is 2.65. The van der Waals surface area contributed by atoms with Crippen molar-refractivity contribution in [3.8, 4) is 0 Å². The molecule has 0 bridgehead atoms. The fourth-order valence-electron chi connectivity index (χ4n) is 3.83. The Balaban J connectivity index is 1.95. The van der Waals surface area contributed by atoms with Crippen LogP contribution in [0.25, 0.3) is 0 Å². The van der Waals surface area contributed by atoms with Crippen LogP contribution in [-0.2, 0) is 6.42 Å². The summed E-state index contributed by atoms with van der Waals surface area (Å²) in [5.41, 5.74) is 6.64. The summed E-state index contributed by atoms with van der Waals surface area (Å²) >= 11 is -0.611. The number of unbranched alkanes of at least 4 members (excludes halogenated alkanes) is 12. The van der Waals surface area contributed by atoms with Gasteiger partial charge in [-0.05, 0) is 0 Å². The van der Waals surface area contributed by atoms with E-state index in [1.54, 1.807) is 5.56 Å². The molecule has 0 aliphatic carbocycles. The molecule has 1 rings (SSSR count). The fraction of sp³-hybridized carbons (Fsp3) is 0.760. The molecule has 0 radical (unpaired) electrons. The second kappa shape index (κ2) is 16.9. The topological polar surface area (TPSA) is 0 Å². The summed E-state index contributed by atoms with van der Waals surface area (Å²) in [6.45, 7) is 2.30. The van der Waals surface area contributed by atoms with E-state index in [1.165, 1.54) is 96.3 Å². The number of rotatable bonds is 17. The summed E-state index contributed by atoms with van der Waals surface area (Å²) in [6.07, 6.45) is 21.8. The molecule has 0 saturated heterocycles.